The highest BCUT2D eigenvalue weighted by Gasteiger charge is 2.56. The van der Waals surface area contributed by atoms with Crippen molar-refractivity contribution in [3.05, 3.63) is 23.3 Å². The number of carbonyl (C=O) groups is 4. The van der Waals surface area contributed by atoms with Gasteiger partial charge in [-0.2, -0.15) is 0 Å². The number of nitrogens with zero attached hydrogens (tertiary/aromatic N) is 1. The molecule has 0 aromatic rings. The molecule has 0 spiro atoms. The first-order valence-corrected chi connectivity index (χ1v) is 19.8. The van der Waals surface area contributed by atoms with E-state index in [4.69, 9.17) is 23.7 Å². The van der Waals surface area contributed by atoms with Crippen LogP contribution in [0.4, 0.5) is 0 Å². The van der Waals surface area contributed by atoms with Crippen LogP contribution in [0, 0.1) is 23.7 Å². The Hall–Kier alpha value is -2.52. The molecule has 13 atom stereocenters. The zero-order valence-corrected chi connectivity index (χ0v) is 33.5. The number of hydrogen-bond donors (Lipinski definition) is 3. The maximum Gasteiger partial charge on any atom is 0.329 e. The summed E-state index contributed by atoms with van der Waals surface area (Å²) in [6.45, 7) is 9.25. The van der Waals surface area contributed by atoms with Gasteiger partial charge in [0.05, 0.1) is 30.5 Å². The summed E-state index contributed by atoms with van der Waals surface area (Å²) in [7, 11) is 4.61. The van der Waals surface area contributed by atoms with Crippen molar-refractivity contribution >= 4 is 23.4 Å². The van der Waals surface area contributed by atoms with Crippen LogP contribution < -0.4 is 0 Å². The van der Waals surface area contributed by atoms with Gasteiger partial charge >= 0.3 is 5.97 Å². The Morgan fingerprint density at radius 2 is 1.56 bits per heavy atom. The molecule has 306 valence electrons. The molecule has 3 N–H and O–H groups in total. The van der Waals surface area contributed by atoms with Gasteiger partial charge in [-0.3, -0.25) is 14.4 Å². The number of piperidine rings is 1. The Morgan fingerprint density at radius 1 is 0.889 bits per heavy atom. The van der Waals surface area contributed by atoms with Gasteiger partial charge in [-0.1, -0.05) is 38.5 Å². The highest BCUT2D eigenvalue weighted by atomic mass is 16.7. The van der Waals surface area contributed by atoms with Crippen molar-refractivity contribution in [2.45, 2.75) is 160 Å². The number of fused-ring (bicyclic) bond motifs is 3. The number of aliphatic hydroxyl groups is 3. The van der Waals surface area contributed by atoms with Crippen molar-refractivity contribution in [1.29, 1.82) is 0 Å². The van der Waals surface area contributed by atoms with E-state index in [0.717, 1.165) is 5.57 Å². The SMILES string of the molecule is COC1CC(C=C(C)C2OC(=O)C3CCCCN3C(=O)C(=O)C3(O)OC(C(OC)CC(C)C/C(C)=C/CC(=O)CC(O)C2C)C(OC)CC3C)CCC1O. The predicted molar refractivity (Wildman–Crippen MR) is 199 cm³/mol. The molecular weight excluding hydrogens is 698 g/mol. The molecule has 0 aromatic heterocycles. The number of ether oxygens (including phenoxy) is 5. The molecule has 0 aromatic carbocycles. The van der Waals surface area contributed by atoms with Crippen molar-refractivity contribution in [2.75, 3.05) is 27.9 Å². The average Bonchev–Trinajstić information content (AvgIpc) is 3.15. The van der Waals surface area contributed by atoms with E-state index in [1.54, 1.807) is 21.0 Å². The Balaban J connectivity index is 1.72. The number of ketones is 2. The molecule has 1 saturated carbocycles. The van der Waals surface area contributed by atoms with Gasteiger partial charge in [-0.25, -0.2) is 4.79 Å². The molecule has 13 unspecified atom stereocenters. The molecule has 4 rings (SSSR count). The number of aliphatic hydroxyl groups excluding tert-OH is 2. The van der Waals surface area contributed by atoms with Crippen LogP contribution >= 0.6 is 0 Å². The predicted octanol–water partition coefficient (Wildman–Crippen LogP) is 3.84. The maximum absolute atomic E-state index is 14.2. The lowest BCUT2D eigenvalue weighted by atomic mass is 9.82. The van der Waals surface area contributed by atoms with Gasteiger partial charge in [0.15, 0.2) is 0 Å². The minimum absolute atomic E-state index is 0.00603. The second-order valence-electron chi connectivity index (χ2n) is 16.5. The minimum Gasteiger partial charge on any atom is -0.456 e. The minimum atomic E-state index is -2.49. The summed E-state index contributed by atoms with van der Waals surface area (Å²) in [5.41, 5.74) is 1.64. The number of carbonyl (C=O) groups excluding carboxylic acids is 4. The van der Waals surface area contributed by atoms with E-state index < -0.39 is 77.9 Å². The third-order valence-electron chi connectivity index (χ3n) is 12.3. The third-order valence-corrected chi connectivity index (χ3v) is 12.3. The van der Waals surface area contributed by atoms with Gasteiger partial charge in [0.25, 0.3) is 11.7 Å². The topological polar surface area (TPSA) is 178 Å². The number of rotatable bonds is 5. The van der Waals surface area contributed by atoms with Crippen LogP contribution in [0.3, 0.4) is 0 Å². The number of allylic oxidation sites excluding steroid dienone is 3. The number of cyclic esters (lactones) is 1. The van der Waals surface area contributed by atoms with Gasteiger partial charge in [0.2, 0.25) is 5.79 Å². The lowest BCUT2D eigenvalue weighted by Crippen LogP contribution is -2.64. The van der Waals surface area contributed by atoms with E-state index >= 15 is 0 Å². The molecule has 2 bridgehead atoms. The molecule has 2 saturated heterocycles. The van der Waals surface area contributed by atoms with E-state index in [9.17, 15) is 34.5 Å². The monoisotopic (exact) mass is 763 g/mol. The lowest BCUT2D eigenvalue weighted by Gasteiger charge is -2.47. The first-order chi connectivity index (χ1) is 25.5. The average molecular weight is 764 g/mol. The molecular formula is C41H65NO12. The van der Waals surface area contributed by atoms with Crippen molar-refractivity contribution in [3.8, 4) is 0 Å². The molecule has 0 radical (unpaired) electrons. The summed E-state index contributed by atoms with van der Waals surface area (Å²) in [5, 5.41) is 33.8. The van der Waals surface area contributed by atoms with Crippen LogP contribution in [0.5, 0.6) is 0 Å². The summed E-state index contributed by atoms with van der Waals surface area (Å²) in [4.78, 5) is 56.9. The number of amides is 1. The van der Waals surface area contributed by atoms with E-state index in [0.29, 0.717) is 50.5 Å². The molecule has 1 aliphatic carbocycles. The Kier molecular flexibility index (Phi) is 16.0. The smallest absolute Gasteiger partial charge is 0.329 e. The van der Waals surface area contributed by atoms with Crippen molar-refractivity contribution in [2.24, 2.45) is 23.7 Å². The van der Waals surface area contributed by atoms with Crippen molar-refractivity contribution < 1.29 is 58.2 Å². The highest BCUT2D eigenvalue weighted by molar-refractivity contribution is 6.39. The molecule has 4 aliphatic rings. The van der Waals surface area contributed by atoms with Gasteiger partial charge < -0.3 is 43.9 Å². The Morgan fingerprint density at radius 3 is 2.22 bits per heavy atom. The fourth-order valence-electron chi connectivity index (χ4n) is 8.87. The van der Waals surface area contributed by atoms with Crippen LogP contribution in [-0.2, 0) is 42.9 Å². The fraction of sp³-hybridized carbons (Fsp3) is 0.805. The quantitative estimate of drug-likeness (QED) is 0.210. The summed E-state index contributed by atoms with van der Waals surface area (Å²) in [6.07, 6.45) is 3.27. The molecule has 13 heteroatoms. The Bertz CT molecular complexity index is 1380. The lowest BCUT2D eigenvalue weighted by molar-refractivity contribution is -0.302. The van der Waals surface area contributed by atoms with E-state index in [2.05, 4.69) is 0 Å². The fourth-order valence-corrected chi connectivity index (χ4v) is 8.87. The summed E-state index contributed by atoms with van der Waals surface area (Å²) in [5.74, 6) is -7.07. The molecule has 3 heterocycles. The number of Topliss-reactive ketones (excluding diaryl/α,β-unsaturated/α-hetero) is 2. The first-order valence-electron chi connectivity index (χ1n) is 19.8. The number of hydrogen-bond acceptors (Lipinski definition) is 12. The second-order valence-corrected chi connectivity index (χ2v) is 16.5. The number of methoxy groups -OCH3 is 3. The van der Waals surface area contributed by atoms with Crippen molar-refractivity contribution in [3.63, 3.8) is 0 Å². The molecule has 1 amide bonds. The first kappa shape index (κ1) is 44.2. The number of esters is 1. The van der Waals surface area contributed by atoms with E-state index in [1.165, 1.54) is 19.1 Å². The third kappa shape index (κ3) is 10.5. The zero-order valence-electron chi connectivity index (χ0n) is 33.5. The molecule has 3 aliphatic heterocycles. The zero-order chi connectivity index (χ0) is 39.9. The molecule has 3 fully saturated rings. The van der Waals surface area contributed by atoms with Crippen LogP contribution in [0.1, 0.15) is 105 Å². The van der Waals surface area contributed by atoms with Crippen LogP contribution in [-0.4, -0.2) is 126 Å². The second kappa shape index (κ2) is 19.6. The van der Waals surface area contributed by atoms with Gasteiger partial charge in [0.1, 0.15) is 24.0 Å². The highest BCUT2D eigenvalue weighted by Crippen LogP contribution is 2.39. The Labute approximate surface area is 320 Å². The normalized spacial score (nSPS) is 41.3. The van der Waals surface area contributed by atoms with Gasteiger partial charge in [0, 0.05) is 52.6 Å². The molecule has 13 nitrogen and oxygen atoms in total. The van der Waals surface area contributed by atoms with E-state index in [1.807, 2.05) is 32.9 Å². The standard InChI is InChI=1S/C41H65NO12/c1-23-12-14-29(43)22-32(45)27(5)36(25(3)19-28-13-15-31(44)33(21-28)50-6)53-40(48)30-11-9-10-16-42(30)39(47)38(46)41(49)26(4)20-35(52-8)37(54-41)34(51-7)18-24(2)17-23/h12,19,24,26-28,30-37,44-45,49H,9-11,13-18,20-22H2,1-8H3/b23-12+,25-19?. The molecule has 54 heavy (non-hydrogen) atoms. The summed E-state index contributed by atoms with van der Waals surface area (Å²) >= 11 is 0. The summed E-state index contributed by atoms with van der Waals surface area (Å²) in [6, 6.07) is -1.13. The van der Waals surface area contributed by atoms with Crippen LogP contribution in [0.2, 0.25) is 0 Å². The van der Waals surface area contributed by atoms with Gasteiger partial charge in [-0.15, -0.1) is 0 Å². The van der Waals surface area contributed by atoms with E-state index in [-0.39, 0.29) is 56.0 Å². The van der Waals surface area contributed by atoms with Crippen LogP contribution in [0.15, 0.2) is 23.3 Å². The van der Waals surface area contributed by atoms with Crippen molar-refractivity contribution in [1.82, 2.24) is 4.90 Å². The summed E-state index contributed by atoms with van der Waals surface area (Å²) < 4.78 is 29.6. The van der Waals surface area contributed by atoms with Crippen LogP contribution in [0.25, 0.3) is 0 Å². The maximum atomic E-state index is 14.2. The van der Waals surface area contributed by atoms with Gasteiger partial charge in [-0.05, 0) is 89.0 Å². The largest absolute Gasteiger partial charge is 0.456 e.